The summed E-state index contributed by atoms with van der Waals surface area (Å²) in [6.45, 7) is 6.35. The third kappa shape index (κ3) is 7.00. The van der Waals surface area contributed by atoms with Crippen molar-refractivity contribution in [2.24, 2.45) is 0 Å². The zero-order valence-electron chi connectivity index (χ0n) is 21.0. The van der Waals surface area contributed by atoms with Gasteiger partial charge >= 0.3 is 13.2 Å². The minimum Gasteiger partial charge on any atom is -0.464 e. The molecular formula is C27H30BN3O6. The van der Waals surface area contributed by atoms with Crippen molar-refractivity contribution in [1.29, 1.82) is 5.26 Å². The van der Waals surface area contributed by atoms with E-state index >= 15 is 0 Å². The van der Waals surface area contributed by atoms with E-state index in [1.165, 1.54) is 12.3 Å². The van der Waals surface area contributed by atoms with Gasteiger partial charge in [0.2, 0.25) is 0 Å². The first-order valence-corrected chi connectivity index (χ1v) is 12.1. The summed E-state index contributed by atoms with van der Waals surface area (Å²) >= 11 is 0. The molecule has 192 valence electrons. The summed E-state index contributed by atoms with van der Waals surface area (Å²) in [5.41, 5.74) is 2.64. The van der Waals surface area contributed by atoms with Gasteiger partial charge in [0.1, 0.15) is 23.3 Å². The molecule has 37 heavy (non-hydrogen) atoms. The van der Waals surface area contributed by atoms with E-state index in [-0.39, 0.29) is 17.9 Å². The van der Waals surface area contributed by atoms with Crippen LogP contribution < -0.4 is 5.32 Å². The van der Waals surface area contributed by atoms with Crippen LogP contribution in [-0.4, -0.2) is 53.1 Å². The number of benzene rings is 2. The van der Waals surface area contributed by atoms with Crippen molar-refractivity contribution in [3.05, 3.63) is 77.1 Å². The second-order valence-electron chi connectivity index (χ2n) is 8.49. The van der Waals surface area contributed by atoms with Crippen LogP contribution in [0.3, 0.4) is 0 Å². The molecule has 3 aromatic rings. The van der Waals surface area contributed by atoms with Gasteiger partial charge < -0.3 is 29.4 Å². The minimum absolute atomic E-state index is 0.0127. The SMILES string of the molecule is CCN(CC)C(=O)C(C#N)=Cc1cccc(C(C)OC(=O)NC(Cc2coc3ccccc23)B(O)O)c1. The van der Waals surface area contributed by atoms with Crippen LogP contribution in [0.25, 0.3) is 17.0 Å². The molecule has 0 saturated carbocycles. The summed E-state index contributed by atoms with van der Waals surface area (Å²) in [4.78, 5) is 26.7. The van der Waals surface area contributed by atoms with Crippen LogP contribution in [0.2, 0.25) is 0 Å². The number of hydrogen-bond donors (Lipinski definition) is 3. The largest absolute Gasteiger partial charge is 0.475 e. The second-order valence-corrected chi connectivity index (χ2v) is 8.49. The lowest BCUT2D eigenvalue weighted by Gasteiger charge is -2.20. The highest BCUT2D eigenvalue weighted by Gasteiger charge is 2.28. The molecular weight excluding hydrogens is 473 g/mol. The first kappa shape index (κ1) is 27.5. The molecule has 2 unspecified atom stereocenters. The molecule has 0 bridgehead atoms. The quantitative estimate of drug-likeness (QED) is 0.218. The first-order chi connectivity index (χ1) is 17.8. The standard InChI is InChI=1S/C27H30BN3O6/c1-4-31(5-2)26(32)21(16-29)14-19-9-8-10-20(13-19)18(3)37-27(33)30-25(28(34)35)15-22-17-36-24-12-7-6-11-23(22)24/h6-14,17-18,25,34-35H,4-5,15H2,1-3H3,(H,30,33). The molecule has 0 fully saturated rings. The van der Waals surface area contributed by atoms with E-state index in [1.807, 2.05) is 38.1 Å². The van der Waals surface area contributed by atoms with Crippen molar-refractivity contribution < 1.29 is 28.8 Å². The van der Waals surface area contributed by atoms with Crippen molar-refractivity contribution in [1.82, 2.24) is 10.2 Å². The lowest BCUT2D eigenvalue weighted by atomic mass is 9.76. The maximum Gasteiger partial charge on any atom is 0.475 e. The van der Waals surface area contributed by atoms with E-state index in [0.29, 0.717) is 35.4 Å². The summed E-state index contributed by atoms with van der Waals surface area (Å²) in [6.07, 6.45) is 1.63. The van der Waals surface area contributed by atoms with Gasteiger partial charge in [-0.1, -0.05) is 36.4 Å². The van der Waals surface area contributed by atoms with E-state index in [4.69, 9.17) is 9.15 Å². The number of amides is 2. The number of ether oxygens (including phenoxy) is 1. The summed E-state index contributed by atoms with van der Waals surface area (Å²) in [5.74, 6) is -1.38. The normalized spacial score (nSPS) is 12.9. The molecule has 1 aromatic heterocycles. The van der Waals surface area contributed by atoms with Crippen molar-refractivity contribution in [3.8, 4) is 6.07 Å². The number of nitriles is 1. The summed E-state index contributed by atoms with van der Waals surface area (Å²) in [7, 11) is -1.82. The number of carbonyl (C=O) groups excluding carboxylic acids is 2. The number of nitrogens with one attached hydrogen (secondary N) is 1. The molecule has 0 radical (unpaired) electrons. The highest BCUT2D eigenvalue weighted by molar-refractivity contribution is 6.43. The number of alkyl carbamates (subject to hydrolysis) is 1. The Balaban J connectivity index is 1.68. The van der Waals surface area contributed by atoms with Crippen LogP contribution in [0.1, 0.15) is 43.6 Å². The van der Waals surface area contributed by atoms with Crippen molar-refractivity contribution in [3.63, 3.8) is 0 Å². The number of furan rings is 1. The Bertz CT molecular complexity index is 1310. The zero-order valence-corrected chi connectivity index (χ0v) is 21.0. The molecule has 0 saturated heterocycles. The highest BCUT2D eigenvalue weighted by Crippen LogP contribution is 2.23. The van der Waals surface area contributed by atoms with Crippen LogP contribution in [0.4, 0.5) is 4.79 Å². The smallest absolute Gasteiger partial charge is 0.464 e. The van der Waals surface area contributed by atoms with Gasteiger partial charge in [0.05, 0.1) is 12.2 Å². The average molecular weight is 503 g/mol. The van der Waals surface area contributed by atoms with Gasteiger partial charge in [-0.3, -0.25) is 4.79 Å². The fourth-order valence-electron chi connectivity index (χ4n) is 3.96. The van der Waals surface area contributed by atoms with E-state index in [9.17, 15) is 24.9 Å². The predicted molar refractivity (Wildman–Crippen MR) is 140 cm³/mol. The highest BCUT2D eigenvalue weighted by atomic mass is 16.6. The van der Waals surface area contributed by atoms with E-state index in [0.717, 1.165) is 5.39 Å². The molecule has 0 aliphatic carbocycles. The average Bonchev–Trinajstić information content (AvgIpc) is 3.30. The lowest BCUT2D eigenvalue weighted by Crippen LogP contribution is -2.48. The van der Waals surface area contributed by atoms with Gasteiger partial charge in [0.15, 0.2) is 0 Å². The Labute approximate surface area is 216 Å². The van der Waals surface area contributed by atoms with Crippen LogP contribution in [0, 0.1) is 11.3 Å². The van der Waals surface area contributed by atoms with Crippen LogP contribution >= 0.6 is 0 Å². The van der Waals surface area contributed by atoms with Crippen molar-refractivity contribution >= 4 is 36.2 Å². The number of fused-ring (bicyclic) bond motifs is 1. The number of hydrogen-bond acceptors (Lipinski definition) is 7. The Morgan fingerprint density at radius 2 is 1.92 bits per heavy atom. The van der Waals surface area contributed by atoms with E-state index in [1.54, 1.807) is 42.2 Å². The van der Waals surface area contributed by atoms with Gasteiger partial charge in [0.25, 0.3) is 5.91 Å². The molecule has 2 amide bonds. The molecule has 2 aromatic carbocycles. The molecule has 2 atom stereocenters. The fourth-order valence-corrected chi connectivity index (χ4v) is 3.96. The maximum atomic E-state index is 12.6. The van der Waals surface area contributed by atoms with Gasteiger partial charge in [-0.25, -0.2) is 4.79 Å². The Morgan fingerprint density at radius 1 is 1.19 bits per heavy atom. The van der Waals surface area contributed by atoms with Crippen molar-refractivity contribution in [2.75, 3.05) is 13.1 Å². The predicted octanol–water partition coefficient (Wildman–Crippen LogP) is 3.62. The lowest BCUT2D eigenvalue weighted by molar-refractivity contribution is -0.126. The monoisotopic (exact) mass is 503 g/mol. The van der Waals surface area contributed by atoms with E-state index < -0.39 is 25.3 Å². The van der Waals surface area contributed by atoms with Gasteiger partial charge in [-0.15, -0.1) is 0 Å². The summed E-state index contributed by atoms with van der Waals surface area (Å²) < 4.78 is 11.0. The maximum absolute atomic E-state index is 12.6. The zero-order chi connectivity index (χ0) is 26.9. The Morgan fingerprint density at radius 3 is 2.59 bits per heavy atom. The number of para-hydroxylation sites is 1. The minimum atomic E-state index is -1.82. The molecule has 0 aliphatic rings. The Hall–Kier alpha value is -4.07. The fraction of sp³-hybridized carbons (Fsp3) is 0.296. The topological polar surface area (TPSA) is 136 Å². The molecule has 0 aliphatic heterocycles. The Kier molecular flexibility index (Phi) is 9.49. The molecule has 9 nitrogen and oxygen atoms in total. The van der Waals surface area contributed by atoms with Gasteiger partial charge in [0, 0.05) is 18.5 Å². The molecule has 0 spiro atoms. The summed E-state index contributed by atoms with van der Waals surface area (Å²) in [5, 5.41) is 32.5. The third-order valence-electron chi connectivity index (χ3n) is 6.04. The molecule has 3 N–H and O–H groups in total. The van der Waals surface area contributed by atoms with Gasteiger partial charge in [-0.2, -0.15) is 5.26 Å². The summed E-state index contributed by atoms with van der Waals surface area (Å²) in [6, 6.07) is 16.3. The third-order valence-corrected chi connectivity index (χ3v) is 6.04. The van der Waals surface area contributed by atoms with Gasteiger partial charge in [-0.05, 0) is 62.1 Å². The number of carbonyl (C=O) groups is 2. The van der Waals surface area contributed by atoms with Crippen LogP contribution in [-0.2, 0) is 16.0 Å². The first-order valence-electron chi connectivity index (χ1n) is 12.1. The van der Waals surface area contributed by atoms with Crippen LogP contribution in [0.15, 0.2) is 64.8 Å². The van der Waals surface area contributed by atoms with Crippen molar-refractivity contribution in [2.45, 2.75) is 39.2 Å². The van der Waals surface area contributed by atoms with Crippen LogP contribution in [0.5, 0.6) is 0 Å². The molecule has 1 heterocycles. The molecule has 10 heteroatoms. The van der Waals surface area contributed by atoms with E-state index in [2.05, 4.69) is 5.32 Å². The second kappa shape index (κ2) is 12.8. The number of nitrogens with zero attached hydrogens (tertiary/aromatic N) is 2. The number of rotatable bonds is 10. The number of likely N-dealkylation sites (N-methyl/N-ethyl adjacent to an activating group) is 1. The molecule has 3 rings (SSSR count).